The molecule has 3 rings (SSSR count). The molecule has 0 saturated carbocycles. The maximum absolute atomic E-state index is 12.5. The Bertz CT molecular complexity index is 815. The highest BCUT2D eigenvalue weighted by atomic mass is 79.9. The first-order valence-corrected chi connectivity index (χ1v) is 10.5. The van der Waals surface area contributed by atoms with Gasteiger partial charge in [0, 0.05) is 20.2 Å². The van der Waals surface area contributed by atoms with Crippen molar-refractivity contribution in [2.75, 3.05) is 25.1 Å². The number of piperidine rings is 1. The van der Waals surface area contributed by atoms with Crippen molar-refractivity contribution < 1.29 is 14.6 Å². The van der Waals surface area contributed by atoms with Gasteiger partial charge in [0.15, 0.2) is 5.82 Å². The first kappa shape index (κ1) is 21.2. The molecule has 10 heteroatoms. The van der Waals surface area contributed by atoms with Crippen LogP contribution >= 0.6 is 31.9 Å². The summed E-state index contributed by atoms with van der Waals surface area (Å²) in [5.41, 5.74) is -0.0336. The van der Waals surface area contributed by atoms with Gasteiger partial charge in [0.05, 0.1) is 26.9 Å². The van der Waals surface area contributed by atoms with Crippen molar-refractivity contribution in [2.24, 2.45) is 0 Å². The molecule has 28 heavy (non-hydrogen) atoms. The van der Waals surface area contributed by atoms with Crippen LogP contribution in [0.1, 0.15) is 36.5 Å². The van der Waals surface area contributed by atoms with Crippen molar-refractivity contribution in [2.45, 2.75) is 38.0 Å². The first-order valence-electron chi connectivity index (χ1n) is 8.88. The summed E-state index contributed by atoms with van der Waals surface area (Å²) < 4.78 is 7.15. The standard InChI is InChI=1S/C18H23Br2N5O3/c1-18(2,27)14-4-5-15(24-23-14)25-7-6-11(13(9-25)28-3)22-17(26)12-8-10(19)16(20)21-12/h4-5,8,11,13,21,27H,6-7,9H2,1-3H3,(H,22,26)/t11-,13+/m1/s1. The van der Waals surface area contributed by atoms with E-state index in [0.29, 0.717) is 30.9 Å². The van der Waals surface area contributed by atoms with Crippen molar-refractivity contribution in [3.05, 3.63) is 38.7 Å². The highest BCUT2D eigenvalue weighted by Gasteiger charge is 2.32. The number of rotatable bonds is 5. The van der Waals surface area contributed by atoms with Crippen LogP contribution in [0.25, 0.3) is 0 Å². The summed E-state index contributed by atoms with van der Waals surface area (Å²) in [5, 5.41) is 21.4. The lowest BCUT2D eigenvalue weighted by Crippen LogP contribution is -2.55. The molecule has 8 nitrogen and oxygen atoms in total. The van der Waals surface area contributed by atoms with E-state index in [9.17, 15) is 9.90 Å². The van der Waals surface area contributed by atoms with Crippen molar-refractivity contribution in [3.63, 3.8) is 0 Å². The number of aromatic amines is 1. The molecular weight excluding hydrogens is 494 g/mol. The Kier molecular flexibility index (Phi) is 6.43. The van der Waals surface area contributed by atoms with E-state index in [0.717, 1.165) is 14.9 Å². The molecule has 1 aliphatic heterocycles. The zero-order valence-electron chi connectivity index (χ0n) is 15.9. The van der Waals surface area contributed by atoms with Gasteiger partial charge in [-0.3, -0.25) is 4.79 Å². The lowest BCUT2D eigenvalue weighted by Gasteiger charge is -2.38. The number of halogens is 2. The summed E-state index contributed by atoms with van der Waals surface area (Å²) in [7, 11) is 1.64. The molecule has 1 saturated heterocycles. The predicted octanol–water partition coefficient (Wildman–Crippen LogP) is 2.58. The minimum Gasteiger partial charge on any atom is -0.384 e. The zero-order valence-corrected chi connectivity index (χ0v) is 19.0. The van der Waals surface area contributed by atoms with Gasteiger partial charge in [-0.2, -0.15) is 5.10 Å². The van der Waals surface area contributed by atoms with Gasteiger partial charge in [0.1, 0.15) is 11.3 Å². The lowest BCUT2D eigenvalue weighted by molar-refractivity contribution is 0.0538. The number of hydrogen-bond acceptors (Lipinski definition) is 6. The number of amides is 1. The van der Waals surface area contributed by atoms with Crippen LogP contribution in [0.5, 0.6) is 0 Å². The molecule has 3 N–H and O–H groups in total. The summed E-state index contributed by atoms with van der Waals surface area (Å²) >= 11 is 6.71. The molecule has 0 aliphatic carbocycles. The molecule has 152 valence electrons. The fourth-order valence-corrected chi connectivity index (χ4v) is 3.78. The Labute approximate surface area is 180 Å². The van der Waals surface area contributed by atoms with Crippen molar-refractivity contribution in [1.29, 1.82) is 0 Å². The minimum atomic E-state index is -1.03. The van der Waals surface area contributed by atoms with Crippen LogP contribution in [-0.4, -0.2) is 58.5 Å². The van der Waals surface area contributed by atoms with E-state index >= 15 is 0 Å². The fraction of sp³-hybridized carbons (Fsp3) is 0.500. The van der Waals surface area contributed by atoms with E-state index in [1.807, 2.05) is 6.07 Å². The molecule has 0 aromatic carbocycles. The monoisotopic (exact) mass is 515 g/mol. The molecule has 3 heterocycles. The average molecular weight is 517 g/mol. The van der Waals surface area contributed by atoms with Crippen molar-refractivity contribution in [1.82, 2.24) is 20.5 Å². The number of ether oxygens (including phenoxy) is 1. The molecule has 0 spiro atoms. The van der Waals surface area contributed by atoms with Crippen molar-refractivity contribution >= 4 is 43.6 Å². The Morgan fingerprint density at radius 1 is 1.39 bits per heavy atom. The quantitative estimate of drug-likeness (QED) is 0.564. The summed E-state index contributed by atoms with van der Waals surface area (Å²) in [4.78, 5) is 17.6. The van der Waals surface area contributed by atoms with Crippen LogP contribution in [0, 0.1) is 0 Å². The number of carbonyl (C=O) groups is 1. The number of nitrogens with one attached hydrogen (secondary N) is 2. The van der Waals surface area contributed by atoms with Crippen LogP contribution in [0.2, 0.25) is 0 Å². The number of hydrogen-bond donors (Lipinski definition) is 3. The smallest absolute Gasteiger partial charge is 0.268 e. The van der Waals surface area contributed by atoms with E-state index in [1.165, 1.54) is 0 Å². The fourth-order valence-electron chi connectivity index (χ4n) is 3.12. The third-order valence-corrected chi connectivity index (χ3v) is 6.53. The van der Waals surface area contributed by atoms with Gasteiger partial charge in [0.2, 0.25) is 0 Å². The molecule has 0 unspecified atom stereocenters. The zero-order chi connectivity index (χ0) is 20.5. The van der Waals surface area contributed by atoms with Crippen LogP contribution in [0.15, 0.2) is 27.3 Å². The molecule has 1 amide bonds. The molecule has 0 radical (unpaired) electrons. The van der Waals surface area contributed by atoms with Gasteiger partial charge >= 0.3 is 0 Å². The molecule has 1 aliphatic rings. The number of aromatic nitrogens is 3. The van der Waals surface area contributed by atoms with Gasteiger partial charge in [-0.05, 0) is 70.3 Å². The second-order valence-corrected chi connectivity index (χ2v) is 8.92. The van der Waals surface area contributed by atoms with Crippen LogP contribution in [0.4, 0.5) is 5.82 Å². The molecule has 1 fully saturated rings. The topological polar surface area (TPSA) is 103 Å². The van der Waals surface area contributed by atoms with Gasteiger partial charge in [0.25, 0.3) is 5.91 Å². The Balaban J connectivity index is 1.65. The van der Waals surface area contributed by atoms with E-state index in [2.05, 4.69) is 57.3 Å². The predicted molar refractivity (Wildman–Crippen MR) is 112 cm³/mol. The van der Waals surface area contributed by atoms with Crippen LogP contribution < -0.4 is 10.2 Å². The largest absolute Gasteiger partial charge is 0.384 e. The van der Waals surface area contributed by atoms with E-state index in [1.54, 1.807) is 33.1 Å². The van der Waals surface area contributed by atoms with E-state index in [-0.39, 0.29) is 18.1 Å². The summed E-state index contributed by atoms with van der Waals surface area (Å²) in [6, 6.07) is 5.24. The van der Waals surface area contributed by atoms with E-state index < -0.39 is 5.60 Å². The van der Waals surface area contributed by atoms with Crippen LogP contribution in [0.3, 0.4) is 0 Å². The maximum atomic E-state index is 12.5. The summed E-state index contributed by atoms with van der Waals surface area (Å²) in [6.45, 7) is 4.63. The Morgan fingerprint density at radius 3 is 2.68 bits per heavy atom. The molecule has 2 aromatic rings. The van der Waals surface area contributed by atoms with Gasteiger partial charge in [-0.1, -0.05) is 0 Å². The molecular formula is C18H23Br2N5O3. The number of anilines is 1. The molecule has 0 bridgehead atoms. The van der Waals surface area contributed by atoms with Gasteiger partial charge in [-0.25, -0.2) is 0 Å². The molecule has 2 aromatic heterocycles. The van der Waals surface area contributed by atoms with Gasteiger partial charge in [-0.15, -0.1) is 5.10 Å². The molecule has 2 atom stereocenters. The Morgan fingerprint density at radius 2 is 2.14 bits per heavy atom. The number of carbonyl (C=O) groups excluding carboxylic acids is 1. The van der Waals surface area contributed by atoms with Crippen LogP contribution in [-0.2, 0) is 10.3 Å². The Hall–Kier alpha value is -1.49. The third-order valence-electron chi connectivity index (χ3n) is 4.75. The second-order valence-electron chi connectivity index (χ2n) is 7.27. The average Bonchev–Trinajstić information content (AvgIpc) is 3.00. The van der Waals surface area contributed by atoms with Gasteiger partial charge < -0.3 is 25.0 Å². The minimum absolute atomic E-state index is 0.113. The number of aliphatic hydroxyl groups is 1. The highest BCUT2D eigenvalue weighted by Crippen LogP contribution is 2.25. The highest BCUT2D eigenvalue weighted by molar-refractivity contribution is 9.13. The third kappa shape index (κ3) is 4.73. The SMILES string of the molecule is CO[C@H]1CN(c2ccc(C(C)(C)O)nn2)CC[C@H]1NC(=O)c1cc(Br)c(Br)[nH]1. The lowest BCUT2D eigenvalue weighted by atomic mass is 10.0. The number of nitrogens with zero attached hydrogens (tertiary/aromatic N) is 3. The number of H-pyrrole nitrogens is 1. The first-order chi connectivity index (χ1) is 13.2. The normalized spacial score (nSPS) is 20.3. The van der Waals surface area contributed by atoms with Crippen molar-refractivity contribution in [3.8, 4) is 0 Å². The number of methoxy groups -OCH3 is 1. The summed E-state index contributed by atoms with van der Waals surface area (Å²) in [5.74, 6) is 0.540. The second kappa shape index (κ2) is 8.48. The maximum Gasteiger partial charge on any atom is 0.268 e. The summed E-state index contributed by atoms with van der Waals surface area (Å²) in [6.07, 6.45) is 0.526. The van der Waals surface area contributed by atoms with E-state index in [4.69, 9.17) is 4.74 Å².